The lowest BCUT2D eigenvalue weighted by atomic mass is 10.2. The molecule has 22 heavy (non-hydrogen) atoms. The van der Waals surface area contributed by atoms with Crippen molar-refractivity contribution in [2.45, 2.75) is 56.2 Å². The van der Waals surface area contributed by atoms with Crippen molar-refractivity contribution in [3.05, 3.63) is 11.0 Å². The first kappa shape index (κ1) is 15.7. The number of amides is 1. The van der Waals surface area contributed by atoms with Crippen LogP contribution in [0.15, 0.2) is 4.90 Å². The van der Waals surface area contributed by atoms with Crippen LogP contribution in [-0.2, 0) is 11.2 Å². The highest BCUT2D eigenvalue weighted by molar-refractivity contribution is 7.99. The van der Waals surface area contributed by atoms with E-state index in [-0.39, 0.29) is 23.5 Å². The Morgan fingerprint density at radius 1 is 1.36 bits per heavy atom. The van der Waals surface area contributed by atoms with Gasteiger partial charge in [0.25, 0.3) is 0 Å². The number of carbonyl (C=O) groups is 1. The normalized spacial score (nSPS) is 22.9. The maximum Gasteiger partial charge on any atom is 0.407 e. The van der Waals surface area contributed by atoms with Crippen LogP contribution < -0.4 is 10.6 Å². The number of halogens is 1. The van der Waals surface area contributed by atoms with Crippen LogP contribution >= 0.6 is 23.4 Å². The Balaban J connectivity index is 1.57. The molecule has 6 nitrogen and oxygen atoms in total. The van der Waals surface area contributed by atoms with E-state index >= 15 is 0 Å². The summed E-state index contributed by atoms with van der Waals surface area (Å²) in [6, 6.07) is 0.217. The lowest BCUT2D eigenvalue weighted by Gasteiger charge is -2.19. The molecule has 3 rings (SSSR count). The maximum atomic E-state index is 11.7. The van der Waals surface area contributed by atoms with Gasteiger partial charge in [0.05, 0.1) is 22.7 Å². The molecular formula is C14H19ClN4O2S. The topological polar surface area (TPSA) is 76.1 Å². The van der Waals surface area contributed by atoms with Crippen LogP contribution in [0.1, 0.15) is 32.9 Å². The van der Waals surface area contributed by atoms with Crippen LogP contribution in [0.2, 0.25) is 5.28 Å². The molecule has 0 spiro atoms. The first-order valence-corrected chi connectivity index (χ1v) is 8.63. The number of thioether (sulfide) groups is 1. The highest BCUT2D eigenvalue weighted by atomic mass is 35.5. The fourth-order valence-corrected chi connectivity index (χ4v) is 3.53. The average molecular weight is 343 g/mol. The van der Waals surface area contributed by atoms with Gasteiger partial charge in [-0.2, -0.15) is 4.98 Å². The Kier molecular flexibility index (Phi) is 4.11. The van der Waals surface area contributed by atoms with Crippen LogP contribution in [0.25, 0.3) is 0 Å². The summed E-state index contributed by atoms with van der Waals surface area (Å²) in [6.45, 7) is 5.54. The molecule has 0 bridgehead atoms. The van der Waals surface area contributed by atoms with Crippen molar-refractivity contribution < 1.29 is 9.53 Å². The van der Waals surface area contributed by atoms with Crippen LogP contribution in [0.5, 0.6) is 0 Å². The lowest BCUT2D eigenvalue weighted by molar-refractivity contribution is 0.0523. The largest absolute Gasteiger partial charge is 0.444 e. The highest BCUT2D eigenvalue weighted by Gasteiger charge is 2.40. The zero-order valence-electron chi connectivity index (χ0n) is 12.8. The third kappa shape index (κ3) is 3.76. The Bertz CT molecular complexity index is 605. The Labute approximate surface area is 138 Å². The second kappa shape index (κ2) is 5.77. The molecule has 1 fully saturated rings. The standard InChI is InChI=1S/C14H19ClN4O2S/c1-14(2,3)21-13(20)18-9-6-8(9)16-11-10-7(4-5-22-10)17-12(15)19-11/h8-9H,4-6H2,1-3H3,(H,18,20)(H,16,17,19)/t8?,9-/m1/s1. The number of ether oxygens (including phenoxy) is 1. The molecule has 0 radical (unpaired) electrons. The molecule has 1 aliphatic carbocycles. The molecule has 120 valence electrons. The van der Waals surface area contributed by atoms with Crippen LogP contribution in [-0.4, -0.2) is 39.5 Å². The lowest BCUT2D eigenvalue weighted by Crippen LogP contribution is -2.35. The van der Waals surface area contributed by atoms with Gasteiger partial charge in [-0.15, -0.1) is 11.8 Å². The fraction of sp³-hybridized carbons (Fsp3) is 0.643. The molecule has 2 N–H and O–H groups in total. The summed E-state index contributed by atoms with van der Waals surface area (Å²) >= 11 is 7.70. The van der Waals surface area contributed by atoms with Gasteiger partial charge in [0.15, 0.2) is 0 Å². The van der Waals surface area contributed by atoms with E-state index in [0.29, 0.717) is 0 Å². The third-order valence-corrected chi connectivity index (χ3v) is 4.60. The van der Waals surface area contributed by atoms with Crippen molar-refractivity contribution in [3.8, 4) is 0 Å². The molecule has 1 aliphatic heterocycles. The zero-order chi connectivity index (χ0) is 15.9. The zero-order valence-corrected chi connectivity index (χ0v) is 14.3. The number of hydrogen-bond donors (Lipinski definition) is 2. The minimum atomic E-state index is -0.487. The summed E-state index contributed by atoms with van der Waals surface area (Å²) in [6.07, 6.45) is 1.38. The second-order valence-electron chi connectivity index (χ2n) is 6.45. The number of nitrogens with zero attached hydrogens (tertiary/aromatic N) is 2. The number of rotatable bonds is 3. The minimum Gasteiger partial charge on any atom is -0.444 e. The van der Waals surface area contributed by atoms with Gasteiger partial charge in [0, 0.05) is 12.2 Å². The molecule has 0 aromatic carbocycles. The molecule has 1 saturated carbocycles. The molecule has 0 saturated heterocycles. The van der Waals surface area contributed by atoms with Gasteiger partial charge in [-0.05, 0) is 38.8 Å². The summed E-state index contributed by atoms with van der Waals surface area (Å²) in [5.74, 6) is 1.78. The van der Waals surface area contributed by atoms with Gasteiger partial charge < -0.3 is 15.4 Å². The minimum absolute atomic E-state index is 0.0608. The van der Waals surface area contributed by atoms with Crippen molar-refractivity contribution in [3.63, 3.8) is 0 Å². The van der Waals surface area contributed by atoms with Crippen molar-refractivity contribution in [1.82, 2.24) is 15.3 Å². The number of aromatic nitrogens is 2. The Hall–Kier alpha value is -1.21. The van der Waals surface area contributed by atoms with E-state index in [9.17, 15) is 4.79 Å². The molecule has 2 heterocycles. The summed E-state index contributed by atoms with van der Waals surface area (Å²) in [5.41, 5.74) is 0.518. The smallest absolute Gasteiger partial charge is 0.407 e. The molecule has 1 aromatic rings. The first-order valence-electron chi connectivity index (χ1n) is 7.27. The number of anilines is 1. The van der Waals surface area contributed by atoms with Gasteiger partial charge in [-0.3, -0.25) is 0 Å². The second-order valence-corrected chi connectivity index (χ2v) is 7.90. The highest BCUT2D eigenvalue weighted by Crippen LogP contribution is 2.38. The van der Waals surface area contributed by atoms with E-state index in [0.717, 1.165) is 35.0 Å². The Morgan fingerprint density at radius 3 is 2.86 bits per heavy atom. The van der Waals surface area contributed by atoms with E-state index in [1.165, 1.54) is 0 Å². The van der Waals surface area contributed by atoms with Gasteiger partial charge >= 0.3 is 6.09 Å². The number of hydrogen-bond acceptors (Lipinski definition) is 6. The van der Waals surface area contributed by atoms with Crippen LogP contribution in [0.3, 0.4) is 0 Å². The van der Waals surface area contributed by atoms with Gasteiger partial charge in [0.2, 0.25) is 5.28 Å². The molecule has 1 unspecified atom stereocenters. The van der Waals surface area contributed by atoms with E-state index in [4.69, 9.17) is 16.3 Å². The van der Waals surface area contributed by atoms with Gasteiger partial charge in [-0.25, -0.2) is 9.78 Å². The predicted octanol–water partition coefficient (Wildman–Crippen LogP) is 2.86. The molecule has 1 amide bonds. The fourth-order valence-electron chi connectivity index (χ4n) is 2.28. The number of fused-ring (bicyclic) bond motifs is 1. The van der Waals surface area contributed by atoms with Crippen molar-refractivity contribution in [2.24, 2.45) is 0 Å². The predicted molar refractivity (Wildman–Crippen MR) is 86.7 cm³/mol. The molecule has 1 aromatic heterocycles. The SMILES string of the molecule is CC(C)(C)OC(=O)N[C@@H]1CC1Nc1nc(Cl)nc2c1SCC2. The van der Waals surface area contributed by atoms with Gasteiger partial charge in [-0.1, -0.05) is 0 Å². The number of nitrogens with one attached hydrogen (secondary N) is 2. The van der Waals surface area contributed by atoms with E-state index in [1.54, 1.807) is 11.8 Å². The van der Waals surface area contributed by atoms with Crippen LogP contribution in [0, 0.1) is 0 Å². The van der Waals surface area contributed by atoms with E-state index in [1.807, 2.05) is 20.8 Å². The quantitative estimate of drug-likeness (QED) is 0.823. The summed E-state index contributed by atoms with van der Waals surface area (Å²) in [4.78, 5) is 21.3. The van der Waals surface area contributed by atoms with Crippen molar-refractivity contribution >= 4 is 35.3 Å². The summed E-state index contributed by atoms with van der Waals surface area (Å²) in [7, 11) is 0. The Morgan fingerprint density at radius 2 is 2.14 bits per heavy atom. The van der Waals surface area contributed by atoms with E-state index < -0.39 is 5.60 Å². The van der Waals surface area contributed by atoms with Crippen molar-refractivity contribution in [2.75, 3.05) is 11.1 Å². The summed E-state index contributed by atoms with van der Waals surface area (Å²) < 4.78 is 5.25. The monoisotopic (exact) mass is 342 g/mol. The number of alkyl carbamates (subject to hydrolysis) is 1. The third-order valence-electron chi connectivity index (χ3n) is 3.31. The molecular weight excluding hydrogens is 324 g/mol. The first-order chi connectivity index (χ1) is 10.3. The van der Waals surface area contributed by atoms with Crippen molar-refractivity contribution in [1.29, 1.82) is 0 Å². The molecule has 8 heteroatoms. The number of carbonyl (C=O) groups excluding carboxylic acids is 1. The van der Waals surface area contributed by atoms with Gasteiger partial charge in [0.1, 0.15) is 11.4 Å². The van der Waals surface area contributed by atoms with Crippen LogP contribution in [0.4, 0.5) is 10.6 Å². The van der Waals surface area contributed by atoms with E-state index in [2.05, 4.69) is 20.6 Å². The molecule has 2 aliphatic rings. The maximum absolute atomic E-state index is 11.7. The average Bonchev–Trinajstić information content (AvgIpc) is 2.90. The summed E-state index contributed by atoms with van der Waals surface area (Å²) in [5, 5.41) is 6.47. The number of aryl methyl sites for hydroxylation is 1. The molecule has 2 atom stereocenters.